The summed E-state index contributed by atoms with van der Waals surface area (Å²) in [6, 6.07) is 0. The highest BCUT2D eigenvalue weighted by Gasteiger charge is 2.23. The van der Waals surface area contributed by atoms with E-state index in [1.165, 1.54) is 17.2 Å². The molecule has 0 aromatic carbocycles. The number of nitro groups is 1. The van der Waals surface area contributed by atoms with Crippen LogP contribution in [0.4, 0.5) is 5.82 Å². The minimum Gasteiger partial charge on any atom is -0.358 e. The van der Waals surface area contributed by atoms with Gasteiger partial charge in [0.2, 0.25) is 6.33 Å². The van der Waals surface area contributed by atoms with Gasteiger partial charge < -0.3 is 19.2 Å². The number of hydrogen-bond acceptors (Lipinski definition) is 7. The Hall–Kier alpha value is -2.69. The third-order valence-electron chi connectivity index (χ3n) is 2.80. The molecule has 10 nitrogen and oxygen atoms in total. The van der Waals surface area contributed by atoms with E-state index in [4.69, 9.17) is 0 Å². The Morgan fingerprint density at radius 1 is 1.29 bits per heavy atom. The van der Waals surface area contributed by atoms with Crippen LogP contribution in [0.5, 0.6) is 0 Å². The van der Waals surface area contributed by atoms with E-state index in [-0.39, 0.29) is 5.82 Å². The Labute approximate surface area is 121 Å². The summed E-state index contributed by atoms with van der Waals surface area (Å²) >= 11 is 1.01. The van der Waals surface area contributed by atoms with Crippen molar-refractivity contribution in [2.75, 3.05) is 0 Å². The molecule has 108 valence electrons. The molecule has 21 heavy (non-hydrogen) atoms. The van der Waals surface area contributed by atoms with Gasteiger partial charge in [-0.3, -0.25) is 4.98 Å². The van der Waals surface area contributed by atoms with Gasteiger partial charge in [0, 0.05) is 14.1 Å². The van der Waals surface area contributed by atoms with Gasteiger partial charge in [-0.2, -0.15) is 4.98 Å². The SMILES string of the molecule is Cn1cnc([N+](=O)[O-])c1Sc1nc(=O)[nH]c2ncn(C)c12. The first-order valence-electron chi connectivity index (χ1n) is 5.72. The van der Waals surface area contributed by atoms with Crippen LogP contribution in [0.25, 0.3) is 11.2 Å². The minimum atomic E-state index is -0.573. The molecular weight excluding hydrogens is 298 g/mol. The lowest BCUT2D eigenvalue weighted by molar-refractivity contribution is -0.392. The molecule has 0 bridgehead atoms. The van der Waals surface area contributed by atoms with E-state index in [1.54, 1.807) is 18.7 Å². The molecule has 3 heterocycles. The van der Waals surface area contributed by atoms with E-state index in [9.17, 15) is 14.9 Å². The van der Waals surface area contributed by atoms with Crippen LogP contribution >= 0.6 is 11.8 Å². The van der Waals surface area contributed by atoms with Crippen molar-refractivity contribution in [2.45, 2.75) is 10.1 Å². The first-order valence-corrected chi connectivity index (χ1v) is 6.54. The summed E-state index contributed by atoms with van der Waals surface area (Å²) in [5.74, 6) is -0.278. The molecule has 1 N–H and O–H groups in total. The smallest absolute Gasteiger partial charge is 0.358 e. The number of H-pyrrole nitrogens is 1. The number of fused-ring (bicyclic) bond motifs is 1. The number of aromatic amines is 1. The van der Waals surface area contributed by atoms with Gasteiger partial charge in [-0.1, -0.05) is 0 Å². The van der Waals surface area contributed by atoms with Gasteiger partial charge in [-0.15, -0.1) is 0 Å². The van der Waals surface area contributed by atoms with Crippen molar-refractivity contribution in [1.82, 2.24) is 29.1 Å². The van der Waals surface area contributed by atoms with E-state index in [0.29, 0.717) is 21.2 Å². The Kier molecular flexibility index (Phi) is 2.97. The van der Waals surface area contributed by atoms with Crippen molar-refractivity contribution in [2.24, 2.45) is 14.1 Å². The van der Waals surface area contributed by atoms with E-state index in [1.807, 2.05) is 0 Å². The van der Waals surface area contributed by atoms with Gasteiger partial charge in [0.25, 0.3) is 0 Å². The maximum atomic E-state index is 11.6. The summed E-state index contributed by atoms with van der Waals surface area (Å²) in [5.41, 5.74) is 0.411. The maximum absolute atomic E-state index is 11.6. The average Bonchev–Trinajstić information content (AvgIpc) is 2.94. The van der Waals surface area contributed by atoms with Gasteiger partial charge in [-0.25, -0.2) is 9.78 Å². The zero-order chi connectivity index (χ0) is 15.1. The molecule has 0 radical (unpaired) electrons. The normalized spacial score (nSPS) is 11.1. The van der Waals surface area contributed by atoms with Gasteiger partial charge >= 0.3 is 11.5 Å². The number of imidazole rings is 2. The van der Waals surface area contributed by atoms with Crippen LogP contribution in [-0.2, 0) is 14.1 Å². The van der Waals surface area contributed by atoms with Gasteiger partial charge in [0.15, 0.2) is 10.7 Å². The second kappa shape index (κ2) is 4.70. The van der Waals surface area contributed by atoms with E-state index < -0.39 is 10.6 Å². The topological polar surface area (TPSA) is 125 Å². The zero-order valence-corrected chi connectivity index (χ0v) is 11.8. The van der Waals surface area contributed by atoms with E-state index >= 15 is 0 Å². The lowest BCUT2D eigenvalue weighted by atomic mass is 10.5. The molecule has 0 aliphatic carbocycles. The fourth-order valence-electron chi connectivity index (χ4n) is 1.86. The summed E-state index contributed by atoms with van der Waals surface area (Å²) in [4.78, 5) is 36.1. The van der Waals surface area contributed by atoms with Crippen LogP contribution in [-0.4, -0.2) is 34.0 Å². The summed E-state index contributed by atoms with van der Waals surface area (Å²) in [6.07, 6.45) is 2.87. The molecule has 0 spiro atoms. The highest BCUT2D eigenvalue weighted by Crippen LogP contribution is 2.34. The third-order valence-corrected chi connectivity index (χ3v) is 3.94. The molecule has 0 saturated heterocycles. The summed E-state index contributed by atoms with van der Waals surface area (Å²) in [6.45, 7) is 0. The molecule has 0 atom stereocenters. The van der Waals surface area contributed by atoms with Crippen molar-refractivity contribution >= 4 is 28.7 Å². The molecule has 3 aromatic heterocycles. The van der Waals surface area contributed by atoms with Crippen molar-refractivity contribution in [3.63, 3.8) is 0 Å². The van der Waals surface area contributed by atoms with Crippen LogP contribution in [0.1, 0.15) is 0 Å². The van der Waals surface area contributed by atoms with E-state index in [0.717, 1.165) is 11.8 Å². The Balaban J connectivity index is 2.19. The first kappa shape index (κ1) is 13.3. The Bertz CT molecular complexity index is 909. The molecule has 0 saturated carbocycles. The Morgan fingerprint density at radius 2 is 2.00 bits per heavy atom. The number of nitrogens with one attached hydrogen (secondary N) is 1. The van der Waals surface area contributed by atoms with Crippen molar-refractivity contribution in [1.29, 1.82) is 0 Å². The lowest BCUT2D eigenvalue weighted by Crippen LogP contribution is -2.12. The molecule has 0 unspecified atom stereocenters. The molecule has 0 aliphatic heterocycles. The molecule has 11 heteroatoms. The minimum absolute atomic E-state index is 0.278. The number of hydrogen-bond donors (Lipinski definition) is 1. The molecular formula is C10H9N7O3S. The number of nitrogens with zero attached hydrogens (tertiary/aromatic N) is 6. The third kappa shape index (κ3) is 2.16. The quantitative estimate of drug-likeness (QED) is 0.423. The molecule has 3 aromatic rings. The van der Waals surface area contributed by atoms with Gasteiger partial charge in [-0.05, 0) is 21.7 Å². The molecule has 0 aliphatic rings. The largest absolute Gasteiger partial charge is 0.396 e. The van der Waals surface area contributed by atoms with E-state index in [2.05, 4.69) is 19.9 Å². The van der Waals surface area contributed by atoms with Gasteiger partial charge in [0.1, 0.15) is 10.5 Å². The monoisotopic (exact) mass is 307 g/mol. The second-order valence-corrected chi connectivity index (χ2v) is 5.22. The predicted molar refractivity (Wildman–Crippen MR) is 73.1 cm³/mol. The van der Waals surface area contributed by atoms with Crippen molar-refractivity contribution < 1.29 is 4.92 Å². The summed E-state index contributed by atoms with van der Waals surface area (Å²) in [7, 11) is 3.38. The molecule has 0 amide bonds. The predicted octanol–water partition coefficient (Wildman–Crippen LogP) is 0.449. The lowest BCUT2D eigenvalue weighted by Gasteiger charge is -2.03. The maximum Gasteiger partial charge on any atom is 0.396 e. The number of rotatable bonds is 3. The van der Waals surface area contributed by atoms with Crippen molar-refractivity contribution in [3.05, 3.63) is 33.3 Å². The molecule has 3 rings (SSSR count). The summed E-state index contributed by atoms with van der Waals surface area (Å²) in [5, 5.41) is 11.6. The Morgan fingerprint density at radius 3 is 2.71 bits per heavy atom. The number of aromatic nitrogens is 6. The fourth-order valence-corrected chi connectivity index (χ4v) is 2.92. The molecule has 0 fully saturated rings. The van der Waals surface area contributed by atoms with Crippen molar-refractivity contribution in [3.8, 4) is 0 Å². The fraction of sp³-hybridized carbons (Fsp3) is 0.200. The van der Waals surface area contributed by atoms with Crippen LogP contribution < -0.4 is 5.69 Å². The van der Waals surface area contributed by atoms with Crippen LogP contribution in [0.2, 0.25) is 0 Å². The summed E-state index contributed by atoms with van der Waals surface area (Å²) < 4.78 is 3.19. The number of aryl methyl sites for hydroxylation is 2. The highest BCUT2D eigenvalue weighted by atomic mass is 32.2. The first-order chi connectivity index (χ1) is 9.97. The van der Waals surface area contributed by atoms with Crippen LogP contribution in [0.3, 0.4) is 0 Å². The zero-order valence-electron chi connectivity index (χ0n) is 11.0. The highest BCUT2D eigenvalue weighted by molar-refractivity contribution is 7.99. The van der Waals surface area contributed by atoms with Crippen LogP contribution in [0.15, 0.2) is 27.5 Å². The average molecular weight is 307 g/mol. The van der Waals surface area contributed by atoms with Gasteiger partial charge in [0.05, 0.1) is 6.33 Å². The second-order valence-electron chi connectivity index (χ2n) is 4.24. The standard InChI is InChI=1S/C10H9N7O3S/c1-15-3-11-6-5(15)8(14-10(18)13-6)21-9-7(17(19)20)12-4-16(9)2/h3-4H,1-2H3,(H,13,14,18). The van der Waals surface area contributed by atoms with Crippen LogP contribution in [0, 0.1) is 10.1 Å².